The van der Waals surface area contributed by atoms with Gasteiger partial charge in [0.1, 0.15) is 11.5 Å². The SMILES string of the molecule is COc1ccc(C(=O)CC2CC(C)OC2=O)c(OC)c1. The van der Waals surface area contributed by atoms with Crippen LogP contribution in [0.4, 0.5) is 0 Å². The topological polar surface area (TPSA) is 61.8 Å². The van der Waals surface area contributed by atoms with Gasteiger partial charge in [-0.25, -0.2) is 0 Å². The summed E-state index contributed by atoms with van der Waals surface area (Å²) in [4.78, 5) is 23.9. The van der Waals surface area contributed by atoms with Crippen molar-refractivity contribution in [3.05, 3.63) is 23.8 Å². The van der Waals surface area contributed by atoms with Crippen LogP contribution in [-0.2, 0) is 9.53 Å². The van der Waals surface area contributed by atoms with E-state index in [1.54, 1.807) is 25.3 Å². The highest BCUT2D eigenvalue weighted by Gasteiger charge is 2.34. The third kappa shape index (κ3) is 2.92. The maximum absolute atomic E-state index is 12.3. The van der Waals surface area contributed by atoms with Gasteiger partial charge in [0.15, 0.2) is 5.78 Å². The van der Waals surface area contributed by atoms with Crippen LogP contribution < -0.4 is 9.47 Å². The Hall–Kier alpha value is -2.04. The van der Waals surface area contributed by atoms with Gasteiger partial charge in [0.25, 0.3) is 0 Å². The lowest BCUT2D eigenvalue weighted by Gasteiger charge is -2.10. The standard InChI is InChI=1S/C15H18O5/c1-9-6-10(15(17)20-9)7-13(16)12-5-4-11(18-2)8-14(12)19-3/h4-5,8-10H,6-7H2,1-3H3. The molecule has 108 valence electrons. The molecule has 0 saturated carbocycles. The van der Waals surface area contributed by atoms with E-state index in [1.165, 1.54) is 7.11 Å². The number of carbonyl (C=O) groups excluding carboxylic acids is 2. The second-order valence-electron chi connectivity index (χ2n) is 4.87. The normalized spacial score (nSPS) is 21.4. The molecule has 20 heavy (non-hydrogen) atoms. The van der Waals surface area contributed by atoms with Gasteiger partial charge in [-0.2, -0.15) is 0 Å². The summed E-state index contributed by atoms with van der Waals surface area (Å²) in [6.07, 6.45) is 0.618. The van der Waals surface area contributed by atoms with Crippen molar-refractivity contribution in [1.29, 1.82) is 0 Å². The van der Waals surface area contributed by atoms with E-state index in [4.69, 9.17) is 14.2 Å². The van der Waals surface area contributed by atoms with Crippen molar-refractivity contribution in [2.45, 2.75) is 25.9 Å². The average Bonchev–Trinajstić information content (AvgIpc) is 2.75. The van der Waals surface area contributed by atoms with Gasteiger partial charge in [0, 0.05) is 12.5 Å². The van der Waals surface area contributed by atoms with Crippen molar-refractivity contribution >= 4 is 11.8 Å². The fourth-order valence-electron chi connectivity index (χ4n) is 2.37. The summed E-state index contributed by atoms with van der Waals surface area (Å²) in [5, 5.41) is 0. The van der Waals surface area contributed by atoms with Gasteiger partial charge in [0.05, 0.1) is 31.8 Å². The predicted molar refractivity (Wildman–Crippen MR) is 72.2 cm³/mol. The largest absolute Gasteiger partial charge is 0.497 e. The lowest BCUT2D eigenvalue weighted by molar-refractivity contribution is -0.143. The number of hydrogen-bond donors (Lipinski definition) is 0. The predicted octanol–water partition coefficient (Wildman–Crippen LogP) is 2.23. The van der Waals surface area contributed by atoms with Crippen molar-refractivity contribution in [3.8, 4) is 11.5 Å². The quantitative estimate of drug-likeness (QED) is 0.610. The summed E-state index contributed by atoms with van der Waals surface area (Å²) in [6, 6.07) is 5.01. The minimum absolute atomic E-state index is 0.113. The smallest absolute Gasteiger partial charge is 0.309 e. The van der Waals surface area contributed by atoms with Crippen LogP contribution in [0.25, 0.3) is 0 Å². The van der Waals surface area contributed by atoms with Crippen LogP contribution in [0.5, 0.6) is 11.5 Å². The number of hydrogen-bond acceptors (Lipinski definition) is 5. The van der Waals surface area contributed by atoms with Crippen LogP contribution in [0.3, 0.4) is 0 Å². The lowest BCUT2D eigenvalue weighted by Crippen LogP contribution is -2.14. The number of ether oxygens (including phenoxy) is 3. The molecular weight excluding hydrogens is 260 g/mol. The Morgan fingerprint density at radius 1 is 1.35 bits per heavy atom. The molecule has 0 radical (unpaired) electrons. The second kappa shape index (κ2) is 5.94. The first-order chi connectivity index (χ1) is 9.55. The van der Waals surface area contributed by atoms with Crippen LogP contribution in [-0.4, -0.2) is 32.1 Å². The third-order valence-electron chi connectivity index (χ3n) is 3.41. The summed E-state index contributed by atoms with van der Waals surface area (Å²) < 4.78 is 15.4. The fraction of sp³-hybridized carbons (Fsp3) is 0.467. The Labute approximate surface area is 117 Å². The van der Waals surface area contributed by atoms with Crippen molar-refractivity contribution in [2.24, 2.45) is 5.92 Å². The molecule has 5 nitrogen and oxygen atoms in total. The molecule has 1 heterocycles. The minimum Gasteiger partial charge on any atom is -0.497 e. The van der Waals surface area contributed by atoms with Crippen molar-refractivity contribution < 1.29 is 23.8 Å². The number of methoxy groups -OCH3 is 2. The second-order valence-corrected chi connectivity index (χ2v) is 4.87. The Morgan fingerprint density at radius 2 is 2.10 bits per heavy atom. The molecule has 2 rings (SSSR count). The molecule has 1 aliphatic heterocycles. The molecule has 2 atom stereocenters. The fourth-order valence-corrected chi connectivity index (χ4v) is 2.37. The van der Waals surface area contributed by atoms with Crippen molar-refractivity contribution in [2.75, 3.05) is 14.2 Å². The van der Waals surface area contributed by atoms with E-state index in [0.717, 1.165) is 0 Å². The third-order valence-corrected chi connectivity index (χ3v) is 3.41. The number of cyclic esters (lactones) is 1. The monoisotopic (exact) mass is 278 g/mol. The number of Topliss-reactive ketones (excluding diaryl/α,β-unsaturated/α-hetero) is 1. The van der Waals surface area contributed by atoms with Crippen LogP contribution in [0.2, 0.25) is 0 Å². The number of rotatable bonds is 5. The summed E-state index contributed by atoms with van der Waals surface area (Å²) >= 11 is 0. The molecule has 1 saturated heterocycles. The molecule has 1 aromatic rings. The van der Waals surface area contributed by atoms with Gasteiger partial charge in [-0.05, 0) is 25.5 Å². The van der Waals surface area contributed by atoms with E-state index in [2.05, 4.69) is 0 Å². The first-order valence-corrected chi connectivity index (χ1v) is 6.51. The van der Waals surface area contributed by atoms with Crippen LogP contribution in [0.15, 0.2) is 18.2 Å². The van der Waals surface area contributed by atoms with Gasteiger partial charge in [-0.1, -0.05) is 0 Å². The lowest BCUT2D eigenvalue weighted by atomic mass is 9.95. The molecular formula is C15H18O5. The van der Waals surface area contributed by atoms with E-state index in [-0.39, 0.29) is 30.2 Å². The van der Waals surface area contributed by atoms with Crippen LogP contribution in [0.1, 0.15) is 30.1 Å². The molecule has 0 spiro atoms. The van der Waals surface area contributed by atoms with Crippen molar-refractivity contribution in [3.63, 3.8) is 0 Å². The summed E-state index contributed by atoms with van der Waals surface area (Å²) in [7, 11) is 3.05. The van der Waals surface area contributed by atoms with E-state index >= 15 is 0 Å². The molecule has 0 aliphatic carbocycles. The molecule has 0 amide bonds. The summed E-state index contributed by atoms with van der Waals surface area (Å²) in [6.45, 7) is 1.83. The zero-order valence-electron chi connectivity index (χ0n) is 11.8. The number of esters is 1. The van der Waals surface area contributed by atoms with Gasteiger partial charge in [-0.3, -0.25) is 9.59 Å². The average molecular weight is 278 g/mol. The first kappa shape index (κ1) is 14.4. The maximum atomic E-state index is 12.3. The number of carbonyl (C=O) groups is 2. The Bertz CT molecular complexity index is 523. The van der Waals surface area contributed by atoms with E-state index in [9.17, 15) is 9.59 Å². The van der Waals surface area contributed by atoms with E-state index < -0.39 is 0 Å². The van der Waals surface area contributed by atoms with Crippen LogP contribution >= 0.6 is 0 Å². The zero-order chi connectivity index (χ0) is 14.7. The van der Waals surface area contributed by atoms with E-state index in [0.29, 0.717) is 23.5 Å². The van der Waals surface area contributed by atoms with Gasteiger partial charge >= 0.3 is 5.97 Å². The van der Waals surface area contributed by atoms with Gasteiger partial charge < -0.3 is 14.2 Å². The Morgan fingerprint density at radius 3 is 2.65 bits per heavy atom. The molecule has 1 aliphatic rings. The van der Waals surface area contributed by atoms with Gasteiger partial charge in [0.2, 0.25) is 0 Å². The molecule has 0 aromatic heterocycles. The van der Waals surface area contributed by atoms with Crippen LogP contribution in [0, 0.1) is 5.92 Å². The van der Waals surface area contributed by atoms with Gasteiger partial charge in [-0.15, -0.1) is 0 Å². The highest BCUT2D eigenvalue weighted by atomic mass is 16.5. The maximum Gasteiger partial charge on any atom is 0.309 e. The summed E-state index contributed by atoms with van der Waals surface area (Å²) in [5.74, 6) is 0.296. The van der Waals surface area contributed by atoms with Crippen molar-refractivity contribution in [1.82, 2.24) is 0 Å². The first-order valence-electron chi connectivity index (χ1n) is 6.51. The number of ketones is 1. The molecule has 1 fully saturated rings. The number of benzene rings is 1. The molecule has 1 aromatic carbocycles. The highest BCUT2D eigenvalue weighted by molar-refractivity contribution is 6.00. The minimum atomic E-state index is -0.357. The Balaban J connectivity index is 2.15. The molecule has 0 N–H and O–H groups in total. The Kier molecular flexibility index (Phi) is 4.27. The molecule has 5 heteroatoms. The van der Waals surface area contributed by atoms with E-state index in [1.807, 2.05) is 6.92 Å². The zero-order valence-corrected chi connectivity index (χ0v) is 11.8. The molecule has 2 unspecified atom stereocenters. The highest BCUT2D eigenvalue weighted by Crippen LogP contribution is 2.29. The summed E-state index contributed by atoms with van der Waals surface area (Å²) in [5.41, 5.74) is 0.459. The molecule has 0 bridgehead atoms.